The Labute approximate surface area is 52.5 Å². The van der Waals surface area contributed by atoms with E-state index in [1.807, 2.05) is 6.92 Å². The molecule has 0 fully saturated rings. The zero-order valence-corrected chi connectivity index (χ0v) is 5.24. The second kappa shape index (κ2) is 2.13. The maximum atomic E-state index is 5.43. The van der Waals surface area contributed by atoms with Gasteiger partial charge >= 0.3 is 0 Å². The van der Waals surface area contributed by atoms with E-state index in [0.29, 0.717) is 12.0 Å². The number of aliphatic imine (C=N–C) groups is 2. The molecule has 0 bridgehead atoms. The van der Waals surface area contributed by atoms with E-state index >= 15 is 0 Å². The van der Waals surface area contributed by atoms with Gasteiger partial charge in [0, 0.05) is 0 Å². The van der Waals surface area contributed by atoms with Gasteiger partial charge in [-0.3, -0.25) is 0 Å². The van der Waals surface area contributed by atoms with Gasteiger partial charge in [-0.1, -0.05) is 0 Å². The van der Waals surface area contributed by atoms with E-state index in [0.717, 1.165) is 5.84 Å². The molecule has 0 aromatic heterocycles. The van der Waals surface area contributed by atoms with Crippen LogP contribution in [0.25, 0.3) is 0 Å². The third kappa shape index (κ3) is 1.20. The van der Waals surface area contributed by atoms with Gasteiger partial charge in [0.15, 0.2) is 0 Å². The number of hydrogen-bond acceptors (Lipinski definition) is 3. The largest absolute Gasteiger partial charge is 0.355 e. The summed E-state index contributed by atoms with van der Waals surface area (Å²) >= 11 is 5.43. The van der Waals surface area contributed by atoms with E-state index in [1.165, 1.54) is 0 Å². The van der Waals surface area contributed by atoms with Crippen molar-refractivity contribution in [3.8, 4) is 0 Å². The summed E-state index contributed by atoms with van der Waals surface area (Å²) < 4.78 is 0. The summed E-state index contributed by atoms with van der Waals surface area (Å²) in [4.78, 5) is 7.57. The predicted octanol–water partition coefficient (Wildman–Crippen LogP) is 0.560. The van der Waals surface area contributed by atoms with Crippen LogP contribution in [-0.2, 0) is 0 Å². The molecule has 1 rings (SSSR count). The molecule has 0 saturated heterocycles. The van der Waals surface area contributed by atoms with Gasteiger partial charge < -0.3 is 5.32 Å². The summed E-state index contributed by atoms with van der Waals surface area (Å²) in [6, 6.07) is 0. The topological polar surface area (TPSA) is 36.8 Å². The molecule has 1 aliphatic rings. The van der Waals surface area contributed by atoms with Gasteiger partial charge in [0.1, 0.15) is 12.5 Å². The Bertz CT molecular complexity index is 149. The second-order valence-corrected chi connectivity index (χ2v) is 1.80. The van der Waals surface area contributed by atoms with Crippen LogP contribution in [0.4, 0.5) is 0 Å². The van der Waals surface area contributed by atoms with Gasteiger partial charge in [0.05, 0.1) is 0 Å². The number of hydrogen-bond donors (Lipinski definition) is 1. The molecule has 1 heterocycles. The van der Waals surface area contributed by atoms with Crippen LogP contribution in [0.3, 0.4) is 0 Å². The molecule has 3 nitrogen and oxygen atoms in total. The number of amidine groups is 2. The number of nitrogens with one attached hydrogen (secondary N) is 1. The van der Waals surface area contributed by atoms with E-state index < -0.39 is 0 Å². The smallest absolute Gasteiger partial charge is 0.221 e. The Balaban J connectivity index is 2.69. The Morgan fingerprint density at radius 1 is 1.75 bits per heavy atom. The first kappa shape index (κ1) is 5.56. The Hall–Kier alpha value is -0.570. The van der Waals surface area contributed by atoms with Crippen molar-refractivity contribution in [2.45, 2.75) is 6.92 Å². The quantitative estimate of drug-likeness (QED) is 0.480. The fraction of sp³-hybridized carbons (Fsp3) is 0.500. The highest BCUT2D eigenvalue weighted by molar-refractivity contribution is 6.65. The molecule has 0 unspecified atom stereocenters. The van der Waals surface area contributed by atoms with Crippen molar-refractivity contribution in [3.05, 3.63) is 0 Å². The molecular formula is C4H6ClN3. The van der Waals surface area contributed by atoms with E-state index in [2.05, 4.69) is 15.3 Å². The molecule has 0 aliphatic carbocycles. The van der Waals surface area contributed by atoms with Crippen molar-refractivity contribution in [1.82, 2.24) is 5.32 Å². The Kier molecular flexibility index (Phi) is 1.48. The molecule has 0 saturated carbocycles. The molecular weight excluding hydrogens is 126 g/mol. The van der Waals surface area contributed by atoms with Gasteiger partial charge in [0.25, 0.3) is 0 Å². The minimum absolute atomic E-state index is 0.334. The normalized spacial score (nSPS) is 18.8. The third-order valence-electron chi connectivity index (χ3n) is 0.804. The fourth-order valence-corrected chi connectivity index (χ4v) is 0.619. The standard InChI is InChI=1S/C4H6ClN3/c1-3-6-2-7-4(5)8-3/h2H2,1H3,(H,6,7,8). The number of rotatable bonds is 0. The van der Waals surface area contributed by atoms with Crippen molar-refractivity contribution in [3.63, 3.8) is 0 Å². The van der Waals surface area contributed by atoms with Crippen molar-refractivity contribution in [2.24, 2.45) is 9.98 Å². The van der Waals surface area contributed by atoms with Gasteiger partial charge in [-0.25, -0.2) is 9.98 Å². The summed E-state index contributed by atoms with van der Waals surface area (Å²) in [5.74, 6) is 0.824. The van der Waals surface area contributed by atoms with Crippen LogP contribution in [0.5, 0.6) is 0 Å². The SMILES string of the molecule is CC1=NC(Cl)=NCN1. The van der Waals surface area contributed by atoms with E-state index in [9.17, 15) is 0 Å². The lowest BCUT2D eigenvalue weighted by Crippen LogP contribution is -2.24. The lowest BCUT2D eigenvalue weighted by molar-refractivity contribution is 0.907. The average Bonchev–Trinajstić information content (AvgIpc) is 1.64. The monoisotopic (exact) mass is 131 g/mol. The van der Waals surface area contributed by atoms with E-state index in [1.54, 1.807) is 0 Å². The molecule has 0 atom stereocenters. The van der Waals surface area contributed by atoms with Crippen LogP contribution in [-0.4, -0.2) is 17.8 Å². The molecule has 0 aromatic rings. The van der Waals surface area contributed by atoms with Gasteiger partial charge in [-0.15, -0.1) is 0 Å². The number of nitrogens with zero attached hydrogens (tertiary/aromatic N) is 2. The Morgan fingerprint density at radius 3 is 2.88 bits per heavy atom. The van der Waals surface area contributed by atoms with Crippen LogP contribution in [0.2, 0.25) is 0 Å². The van der Waals surface area contributed by atoms with E-state index in [4.69, 9.17) is 11.6 Å². The lowest BCUT2D eigenvalue weighted by Gasteiger charge is -2.05. The van der Waals surface area contributed by atoms with Gasteiger partial charge in [-0.2, -0.15) is 0 Å². The highest BCUT2D eigenvalue weighted by Gasteiger charge is 1.97. The van der Waals surface area contributed by atoms with Crippen molar-refractivity contribution >= 4 is 22.7 Å². The molecule has 0 radical (unpaired) electrons. The highest BCUT2D eigenvalue weighted by atomic mass is 35.5. The van der Waals surface area contributed by atoms with Crippen molar-refractivity contribution in [1.29, 1.82) is 0 Å². The predicted molar refractivity (Wildman–Crippen MR) is 34.4 cm³/mol. The summed E-state index contributed by atoms with van der Waals surface area (Å²) in [7, 11) is 0. The van der Waals surface area contributed by atoms with Gasteiger partial charge in [0.2, 0.25) is 5.29 Å². The van der Waals surface area contributed by atoms with Crippen molar-refractivity contribution < 1.29 is 0 Å². The Morgan fingerprint density at radius 2 is 2.50 bits per heavy atom. The van der Waals surface area contributed by atoms with Crippen LogP contribution < -0.4 is 5.32 Å². The average molecular weight is 132 g/mol. The van der Waals surface area contributed by atoms with Crippen molar-refractivity contribution in [2.75, 3.05) is 6.67 Å². The fourth-order valence-electron chi connectivity index (χ4n) is 0.432. The molecule has 0 amide bonds. The first-order valence-electron chi connectivity index (χ1n) is 2.28. The summed E-state index contributed by atoms with van der Waals surface area (Å²) in [5.41, 5.74) is 0. The van der Waals surface area contributed by atoms with Crippen LogP contribution in [0.15, 0.2) is 9.98 Å². The second-order valence-electron chi connectivity index (χ2n) is 1.46. The molecule has 0 aromatic carbocycles. The highest BCUT2D eigenvalue weighted by Crippen LogP contribution is 1.92. The number of halogens is 1. The maximum absolute atomic E-state index is 5.43. The first-order chi connectivity index (χ1) is 3.79. The molecule has 4 heteroatoms. The summed E-state index contributed by atoms with van der Waals surface area (Å²) in [5, 5.41) is 3.22. The molecule has 0 spiro atoms. The molecule has 1 aliphatic heterocycles. The first-order valence-corrected chi connectivity index (χ1v) is 2.66. The minimum atomic E-state index is 0.334. The summed E-state index contributed by atoms with van der Waals surface area (Å²) in [6.45, 7) is 2.39. The van der Waals surface area contributed by atoms with Gasteiger partial charge in [-0.05, 0) is 18.5 Å². The lowest BCUT2D eigenvalue weighted by atomic mass is 10.6. The molecule has 44 valence electrons. The van der Waals surface area contributed by atoms with Crippen LogP contribution >= 0.6 is 11.6 Å². The zero-order chi connectivity index (χ0) is 5.98. The van der Waals surface area contributed by atoms with E-state index in [-0.39, 0.29) is 0 Å². The third-order valence-corrected chi connectivity index (χ3v) is 1.01. The summed E-state index contributed by atoms with van der Waals surface area (Å²) in [6.07, 6.45) is 0. The maximum Gasteiger partial charge on any atom is 0.221 e. The zero-order valence-electron chi connectivity index (χ0n) is 4.48. The molecule has 1 N–H and O–H groups in total. The minimum Gasteiger partial charge on any atom is -0.355 e. The van der Waals surface area contributed by atoms with Crippen LogP contribution in [0, 0.1) is 0 Å². The van der Waals surface area contributed by atoms with Crippen LogP contribution in [0.1, 0.15) is 6.92 Å². The molecule has 8 heavy (non-hydrogen) atoms.